The molecular formula is C24H23NO6. The number of rotatable bonds is 8. The number of nitrogens with one attached hydrogen (secondary N) is 1. The number of carbonyl (C=O) groups is 2. The summed E-state index contributed by atoms with van der Waals surface area (Å²) < 4.78 is 16.1. The van der Waals surface area contributed by atoms with E-state index in [2.05, 4.69) is 5.32 Å². The molecule has 0 bridgehead atoms. The molecule has 0 aliphatic rings. The van der Waals surface area contributed by atoms with Gasteiger partial charge in [-0.3, -0.25) is 0 Å². The van der Waals surface area contributed by atoms with E-state index in [4.69, 9.17) is 14.2 Å². The first-order valence-electron chi connectivity index (χ1n) is 9.55. The van der Waals surface area contributed by atoms with E-state index in [0.717, 1.165) is 11.1 Å². The molecule has 0 unspecified atom stereocenters. The van der Waals surface area contributed by atoms with Crippen molar-refractivity contribution in [1.82, 2.24) is 5.32 Å². The number of amides is 1. The van der Waals surface area contributed by atoms with Gasteiger partial charge in [0.15, 0.2) is 6.04 Å². The van der Waals surface area contributed by atoms with Crippen LogP contribution in [-0.4, -0.2) is 31.4 Å². The van der Waals surface area contributed by atoms with Crippen molar-refractivity contribution >= 4 is 12.1 Å². The van der Waals surface area contributed by atoms with Gasteiger partial charge in [-0.15, -0.1) is 0 Å². The molecule has 7 nitrogen and oxygen atoms in total. The minimum Gasteiger partial charge on any atom is -0.497 e. The van der Waals surface area contributed by atoms with Crippen LogP contribution in [0.4, 0.5) is 4.79 Å². The van der Waals surface area contributed by atoms with E-state index in [1.165, 1.54) is 20.3 Å². The lowest BCUT2D eigenvalue weighted by atomic mass is 9.97. The van der Waals surface area contributed by atoms with Crippen LogP contribution in [-0.2, 0) is 16.1 Å². The van der Waals surface area contributed by atoms with Crippen molar-refractivity contribution in [2.24, 2.45) is 0 Å². The highest BCUT2D eigenvalue weighted by Gasteiger charge is 2.29. The monoisotopic (exact) mass is 421 g/mol. The van der Waals surface area contributed by atoms with Gasteiger partial charge in [0, 0.05) is 11.1 Å². The predicted octanol–water partition coefficient (Wildman–Crippen LogP) is 4.42. The van der Waals surface area contributed by atoms with Gasteiger partial charge in [0.25, 0.3) is 0 Å². The zero-order chi connectivity index (χ0) is 22.2. The van der Waals surface area contributed by atoms with Crippen molar-refractivity contribution in [3.63, 3.8) is 0 Å². The molecule has 7 heteroatoms. The summed E-state index contributed by atoms with van der Waals surface area (Å²) in [7, 11) is 2.93. The number of methoxy groups -OCH3 is 2. The molecule has 3 rings (SSSR count). The van der Waals surface area contributed by atoms with Gasteiger partial charge in [0.1, 0.15) is 18.1 Å². The average Bonchev–Trinajstić information content (AvgIpc) is 2.81. The van der Waals surface area contributed by atoms with E-state index < -0.39 is 18.1 Å². The lowest BCUT2D eigenvalue weighted by Gasteiger charge is -2.21. The zero-order valence-electron chi connectivity index (χ0n) is 17.2. The van der Waals surface area contributed by atoms with Gasteiger partial charge in [-0.1, -0.05) is 60.7 Å². The molecule has 0 fully saturated rings. The standard InChI is InChI=1S/C24H23NO6/c1-29-18-13-19(17-11-7-4-8-12-17)22(30-2)20(14-18)21(23(26)27)25-24(28)31-15-16-9-5-3-6-10-16/h3-14,21H,15H2,1-2H3,(H,25,28)(H,26,27)/t21-/m1/s1. The number of aliphatic carboxylic acids is 1. The number of ether oxygens (including phenoxy) is 3. The number of carboxylic acids is 1. The Bertz CT molecular complexity index is 1040. The van der Waals surface area contributed by atoms with Gasteiger partial charge in [0.2, 0.25) is 0 Å². The number of benzene rings is 3. The fraction of sp³-hybridized carbons (Fsp3) is 0.167. The van der Waals surface area contributed by atoms with Crippen LogP contribution in [0.2, 0.25) is 0 Å². The summed E-state index contributed by atoms with van der Waals surface area (Å²) in [6, 6.07) is 20.3. The quantitative estimate of drug-likeness (QED) is 0.559. The Morgan fingerprint density at radius 3 is 2.16 bits per heavy atom. The van der Waals surface area contributed by atoms with Gasteiger partial charge < -0.3 is 24.6 Å². The normalized spacial score (nSPS) is 11.3. The molecule has 3 aromatic carbocycles. The molecule has 0 radical (unpaired) electrons. The van der Waals surface area contributed by atoms with Crippen LogP contribution in [0, 0.1) is 0 Å². The Hall–Kier alpha value is -4.00. The fourth-order valence-corrected chi connectivity index (χ4v) is 3.17. The van der Waals surface area contributed by atoms with Crippen molar-refractivity contribution in [3.05, 3.63) is 83.9 Å². The molecule has 1 amide bonds. The SMILES string of the molecule is COc1cc(-c2ccccc2)c(OC)c([C@@H](NC(=O)OCc2ccccc2)C(=O)O)c1. The molecule has 0 heterocycles. The minimum atomic E-state index is -1.41. The molecule has 1 atom stereocenters. The maximum atomic E-state index is 12.3. The van der Waals surface area contributed by atoms with Crippen molar-refractivity contribution < 1.29 is 28.9 Å². The Kier molecular flexibility index (Phi) is 7.11. The van der Waals surface area contributed by atoms with Crippen LogP contribution in [0.15, 0.2) is 72.8 Å². The molecule has 0 aromatic heterocycles. The number of hydrogen-bond acceptors (Lipinski definition) is 5. The van der Waals surface area contributed by atoms with Crippen LogP contribution >= 0.6 is 0 Å². The Morgan fingerprint density at radius 2 is 1.58 bits per heavy atom. The number of hydrogen-bond donors (Lipinski definition) is 2. The molecule has 0 spiro atoms. The smallest absolute Gasteiger partial charge is 0.408 e. The molecule has 3 aromatic rings. The Balaban J connectivity index is 1.92. The number of carbonyl (C=O) groups excluding carboxylic acids is 1. The third kappa shape index (κ3) is 5.33. The average molecular weight is 421 g/mol. The van der Waals surface area contributed by atoms with E-state index in [1.54, 1.807) is 18.2 Å². The van der Waals surface area contributed by atoms with E-state index >= 15 is 0 Å². The van der Waals surface area contributed by atoms with Gasteiger partial charge in [-0.25, -0.2) is 9.59 Å². The maximum Gasteiger partial charge on any atom is 0.408 e. The summed E-state index contributed by atoms with van der Waals surface area (Å²) in [6.45, 7) is 0.0174. The molecule has 31 heavy (non-hydrogen) atoms. The highest BCUT2D eigenvalue weighted by molar-refractivity contribution is 5.85. The highest BCUT2D eigenvalue weighted by atomic mass is 16.5. The zero-order valence-corrected chi connectivity index (χ0v) is 17.2. The first-order valence-corrected chi connectivity index (χ1v) is 9.55. The molecule has 0 aliphatic heterocycles. The van der Waals surface area contributed by atoms with Crippen molar-refractivity contribution in [2.45, 2.75) is 12.6 Å². The van der Waals surface area contributed by atoms with Crippen molar-refractivity contribution in [3.8, 4) is 22.6 Å². The van der Waals surface area contributed by atoms with E-state index in [0.29, 0.717) is 17.1 Å². The topological polar surface area (TPSA) is 94.1 Å². The highest BCUT2D eigenvalue weighted by Crippen LogP contribution is 2.39. The molecular weight excluding hydrogens is 398 g/mol. The van der Waals surface area contributed by atoms with E-state index in [1.807, 2.05) is 48.5 Å². The van der Waals surface area contributed by atoms with Crippen LogP contribution in [0.25, 0.3) is 11.1 Å². The lowest BCUT2D eigenvalue weighted by molar-refractivity contribution is -0.139. The lowest BCUT2D eigenvalue weighted by Crippen LogP contribution is -2.34. The van der Waals surface area contributed by atoms with Crippen molar-refractivity contribution in [1.29, 1.82) is 0 Å². The summed E-state index contributed by atoms with van der Waals surface area (Å²) in [4.78, 5) is 24.4. The molecule has 0 saturated heterocycles. The Morgan fingerprint density at radius 1 is 0.935 bits per heavy atom. The number of carboxylic acid groups (broad SMARTS) is 1. The first-order chi connectivity index (χ1) is 15.0. The minimum absolute atomic E-state index is 0.0174. The molecule has 2 N–H and O–H groups in total. The Labute approximate surface area is 180 Å². The second-order valence-electron chi connectivity index (χ2n) is 6.64. The second-order valence-corrected chi connectivity index (χ2v) is 6.64. The second kappa shape index (κ2) is 10.2. The van der Waals surface area contributed by atoms with Crippen LogP contribution < -0.4 is 14.8 Å². The summed E-state index contributed by atoms with van der Waals surface area (Å²) in [5.74, 6) is -0.509. The summed E-state index contributed by atoms with van der Waals surface area (Å²) in [5, 5.41) is 12.3. The van der Waals surface area contributed by atoms with E-state index in [9.17, 15) is 14.7 Å². The first kappa shape index (κ1) is 21.7. The summed E-state index contributed by atoms with van der Waals surface area (Å²) >= 11 is 0. The largest absolute Gasteiger partial charge is 0.497 e. The third-order valence-corrected chi connectivity index (χ3v) is 4.65. The molecule has 0 saturated carbocycles. The molecule has 0 aliphatic carbocycles. The van der Waals surface area contributed by atoms with Crippen LogP contribution in [0.1, 0.15) is 17.2 Å². The van der Waals surface area contributed by atoms with Gasteiger partial charge in [0.05, 0.1) is 14.2 Å². The number of alkyl carbamates (subject to hydrolysis) is 1. The third-order valence-electron chi connectivity index (χ3n) is 4.65. The molecule has 160 valence electrons. The van der Waals surface area contributed by atoms with Gasteiger partial charge >= 0.3 is 12.1 Å². The maximum absolute atomic E-state index is 12.3. The van der Waals surface area contributed by atoms with Crippen LogP contribution in [0.5, 0.6) is 11.5 Å². The summed E-state index contributed by atoms with van der Waals surface area (Å²) in [6.07, 6.45) is -0.859. The van der Waals surface area contributed by atoms with E-state index in [-0.39, 0.29) is 12.2 Å². The van der Waals surface area contributed by atoms with Gasteiger partial charge in [-0.05, 0) is 23.3 Å². The predicted molar refractivity (Wildman–Crippen MR) is 115 cm³/mol. The van der Waals surface area contributed by atoms with Crippen molar-refractivity contribution in [2.75, 3.05) is 14.2 Å². The van der Waals surface area contributed by atoms with Gasteiger partial charge in [-0.2, -0.15) is 0 Å². The van der Waals surface area contributed by atoms with Crippen LogP contribution in [0.3, 0.4) is 0 Å². The summed E-state index contributed by atoms with van der Waals surface area (Å²) in [5.41, 5.74) is 2.48. The fourth-order valence-electron chi connectivity index (χ4n) is 3.17.